The van der Waals surface area contributed by atoms with Gasteiger partial charge in [0.15, 0.2) is 11.6 Å². The molecule has 0 aromatic carbocycles. The van der Waals surface area contributed by atoms with E-state index in [4.69, 9.17) is 19.8 Å². The molecule has 1 N–H and O–H groups in total. The summed E-state index contributed by atoms with van der Waals surface area (Å²) in [6.45, 7) is 7.96. The number of aromatic nitrogens is 6. The topological polar surface area (TPSA) is 82.7 Å². The third kappa shape index (κ3) is 3.72. The van der Waals surface area contributed by atoms with E-state index in [1.165, 1.54) is 0 Å². The maximum absolute atomic E-state index is 5.81. The van der Waals surface area contributed by atoms with Gasteiger partial charge in [0.25, 0.3) is 0 Å². The first-order chi connectivity index (χ1) is 15.0. The van der Waals surface area contributed by atoms with Crippen LogP contribution in [0.3, 0.4) is 0 Å². The quantitative estimate of drug-likeness (QED) is 0.480. The molecule has 9 heteroatoms. The Bertz CT molecular complexity index is 1220. The fourth-order valence-corrected chi connectivity index (χ4v) is 5.10. The van der Waals surface area contributed by atoms with Crippen LogP contribution in [0.1, 0.15) is 38.3 Å². The summed E-state index contributed by atoms with van der Waals surface area (Å²) in [6.07, 6.45) is 8.13. The lowest BCUT2D eigenvalue weighted by Crippen LogP contribution is -2.19. The van der Waals surface area contributed by atoms with Crippen LogP contribution in [-0.2, 0) is 11.8 Å². The third-order valence-corrected chi connectivity index (χ3v) is 6.91. The van der Waals surface area contributed by atoms with Gasteiger partial charge in [-0.15, -0.1) is 11.3 Å². The first kappa shape index (κ1) is 20.1. The van der Waals surface area contributed by atoms with Crippen molar-refractivity contribution >= 4 is 27.4 Å². The molecule has 1 aliphatic heterocycles. The molecule has 4 aromatic rings. The molecule has 1 saturated heterocycles. The van der Waals surface area contributed by atoms with Crippen LogP contribution in [-0.4, -0.2) is 48.6 Å². The summed E-state index contributed by atoms with van der Waals surface area (Å²) in [4.78, 5) is 16.3. The van der Waals surface area contributed by atoms with E-state index in [1.807, 2.05) is 28.7 Å². The highest BCUT2D eigenvalue weighted by Gasteiger charge is 2.22. The van der Waals surface area contributed by atoms with Crippen molar-refractivity contribution in [3.8, 4) is 22.2 Å². The van der Waals surface area contributed by atoms with Crippen molar-refractivity contribution in [1.82, 2.24) is 29.3 Å². The molecule has 1 atom stereocenters. The summed E-state index contributed by atoms with van der Waals surface area (Å²) in [5, 5.41) is 9.38. The predicted molar refractivity (Wildman–Crippen MR) is 123 cm³/mol. The molecule has 0 amide bonds. The van der Waals surface area contributed by atoms with Crippen LogP contribution in [0, 0.1) is 6.92 Å². The molecule has 8 nitrogen and oxygen atoms in total. The van der Waals surface area contributed by atoms with Gasteiger partial charge >= 0.3 is 0 Å². The predicted octanol–water partition coefficient (Wildman–Crippen LogP) is 4.44. The Hall–Kier alpha value is -2.78. The molecule has 162 valence electrons. The average molecular weight is 438 g/mol. The zero-order valence-corrected chi connectivity index (χ0v) is 19.1. The van der Waals surface area contributed by atoms with Gasteiger partial charge in [-0.05, 0) is 45.2 Å². The fraction of sp³-hybridized carbons (Fsp3) is 0.455. The normalized spacial score (nSPS) is 16.6. The maximum Gasteiger partial charge on any atom is 0.199 e. The van der Waals surface area contributed by atoms with Crippen LogP contribution in [0.5, 0.6) is 0 Å². The van der Waals surface area contributed by atoms with Gasteiger partial charge in [0, 0.05) is 44.8 Å². The van der Waals surface area contributed by atoms with Crippen molar-refractivity contribution in [1.29, 1.82) is 0 Å². The zero-order valence-electron chi connectivity index (χ0n) is 18.3. The summed E-state index contributed by atoms with van der Waals surface area (Å²) in [6, 6.07) is 2.39. The summed E-state index contributed by atoms with van der Waals surface area (Å²) in [5.74, 6) is 2.20. The van der Waals surface area contributed by atoms with E-state index in [2.05, 4.69) is 37.1 Å². The molecule has 1 aliphatic rings. The number of imidazole rings is 1. The highest BCUT2D eigenvalue weighted by molar-refractivity contribution is 7.22. The van der Waals surface area contributed by atoms with Crippen LogP contribution in [0.4, 0.5) is 5.82 Å². The van der Waals surface area contributed by atoms with Crippen molar-refractivity contribution in [2.24, 2.45) is 7.05 Å². The molecule has 0 spiro atoms. The average Bonchev–Trinajstić information content (AvgIpc) is 3.53. The lowest BCUT2D eigenvalue weighted by Gasteiger charge is -2.13. The number of thiophene rings is 1. The minimum atomic E-state index is 0.224. The van der Waals surface area contributed by atoms with Gasteiger partial charge in [-0.3, -0.25) is 4.68 Å². The van der Waals surface area contributed by atoms with Crippen molar-refractivity contribution < 1.29 is 4.74 Å². The number of nitrogens with zero attached hydrogens (tertiary/aromatic N) is 6. The van der Waals surface area contributed by atoms with E-state index in [-0.39, 0.29) is 6.10 Å². The Morgan fingerprint density at radius 3 is 2.84 bits per heavy atom. The molecule has 4 aromatic heterocycles. The second-order valence-corrected chi connectivity index (χ2v) is 9.28. The second kappa shape index (κ2) is 8.05. The van der Waals surface area contributed by atoms with E-state index in [0.717, 1.165) is 64.0 Å². The summed E-state index contributed by atoms with van der Waals surface area (Å²) >= 11 is 1.66. The van der Waals surface area contributed by atoms with E-state index in [1.54, 1.807) is 17.5 Å². The molecular formula is C22H27N7OS. The molecular weight excluding hydrogens is 410 g/mol. The van der Waals surface area contributed by atoms with E-state index in [0.29, 0.717) is 11.9 Å². The SMILES string of the molecule is Cc1c(-c2ccn(C(C)C)n2)sc2nc(-c3nccn3C)nc(NC[C@H]3CCCO3)c12. The summed E-state index contributed by atoms with van der Waals surface area (Å²) in [5.41, 5.74) is 2.12. The number of fused-ring (bicyclic) bond motifs is 1. The smallest absolute Gasteiger partial charge is 0.199 e. The molecule has 0 bridgehead atoms. The van der Waals surface area contributed by atoms with Gasteiger partial charge in [-0.25, -0.2) is 15.0 Å². The van der Waals surface area contributed by atoms with Crippen molar-refractivity contribution in [3.05, 3.63) is 30.2 Å². The van der Waals surface area contributed by atoms with Gasteiger partial charge in [0.05, 0.1) is 16.4 Å². The van der Waals surface area contributed by atoms with E-state index in [9.17, 15) is 0 Å². The molecule has 0 unspecified atom stereocenters. The van der Waals surface area contributed by atoms with Gasteiger partial charge in [-0.2, -0.15) is 5.10 Å². The molecule has 0 aliphatic carbocycles. The van der Waals surface area contributed by atoms with Gasteiger partial charge in [0.1, 0.15) is 16.3 Å². The Morgan fingerprint density at radius 1 is 1.29 bits per heavy atom. The van der Waals surface area contributed by atoms with Crippen LogP contribution < -0.4 is 5.32 Å². The second-order valence-electron chi connectivity index (χ2n) is 8.28. The van der Waals surface area contributed by atoms with Gasteiger partial charge in [-0.1, -0.05) is 0 Å². The number of hydrogen-bond donors (Lipinski definition) is 1. The Labute approximate surface area is 185 Å². The maximum atomic E-state index is 5.81. The van der Waals surface area contributed by atoms with Crippen LogP contribution in [0.25, 0.3) is 32.4 Å². The number of hydrogen-bond acceptors (Lipinski definition) is 7. The summed E-state index contributed by atoms with van der Waals surface area (Å²) < 4.78 is 9.73. The number of aryl methyl sites for hydroxylation is 2. The highest BCUT2D eigenvalue weighted by atomic mass is 32.1. The van der Waals surface area contributed by atoms with Crippen molar-refractivity contribution in [2.45, 2.75) is 45.8 Å². The minimum Gasteiger partial charge on any atom is -0.376 e. The molecule has 5 heterocycles. The number of ether oxygens (including phenoxy) is 1. The minimum absolute atomic E-state index is 0.224. The van der Waals surface area contributed by atoms with Crippen molar-refractivity contribution in [3.63, 3.8) is 0 Å². The molecule has 0 radical (unpaired) electrons. The monoisotopic (exact) mass is 437 g/mol. The largest absolute Gasteiger partial charge is 0.376 e. The van der Waals surface area contributed by atoms with E-state index >= 15 is 0 Å². The summed E-state index contributed by atoms with van der Waals surface area (Å²) in [7, 11) is 1.96. The Morgan fingerprint density at radius 2 is 2.16 bits per heavy atom. The lowest BCUT2D eigenvalue weighted by molar-refractivity contribution is 0.120. The van der Waals surface area contributed by atoms with Crippen LogP contribution in [0.2, 0.25) is 0 Å². The number of nitrogens with one attached hydrogen (secondary N) is 1. The Balaban J connectivity index is 1.61. The standard InChI is InChI=1S/C22H27N7OS/c1-13(2)29-9-7-16(27-29)18-14(3)17-19(24-12-15-6-5-11-30-15)25-20(26-22(17)31-18)21-23-8-10-28(21)4/h7-10,13,15H,5-6,11-12H2,1-4H3,(H,24,25,26)/t15-/m1/s1. The number of rotatable bonds is 6. The third-order valence-electron chi connectivity index (χ3n) is 5.70. The van der Waals surface area contributed by atoms with Gasteiger partial charge in [0.2, 0.25) is 0 Å². The number of anilines is 1. The van der Waals surface area contributed by atoms with Gasteiger partial charge < -0.3 is 14.6 Å². The molecule has 5 rings (SSSR count). The first-order valence-corrected chi connectivity index (χ1v) is 11.5. The molecule has 31 heavy (non-hydrogen) atoms. The first-order valence-electron chi connectivity index (χ1n) is 10.7. The van der Waals surface area contributed by atoms with Crippen molar-refractivity contribution in [2.75, 3.05) is 18.5 Å². The lowest BCUT2D eigenvalue weighted by atomic mass is 10.1. The molecule has 0 saturated carbocycles. The Kier molecular flexibility index (Phi) is 5.23. The fourth-order valence-electron chi connectivity index (χ4n) is 3.95. The molecule has 1 fully saturated rings. The highest BCUT2D eigenvalue weighted by Crippen LogP contribution is 2.40. The zero-order chi connectivity index (χ0) is 21.5. The van der Waals surface area contributed by atoms with Crippen LogP contribution >= 0.6 is 11.3 Å². The van der Waals surface area contributed by atoms with Crippen LogP contribution in [0.15, 0.2) is 24.7 Å². The van der Waals surface area contributed by atoms with E-state index < -0.39 is 0 Å².